The summed E-state index contributed by atoms with van der Waals surface area (Å²) in [5.74, 6) is 5.49. The van der Waals surface area contributed by atoms with Gasteiger partial charge in [-0.25, -0.2) is 0 Å². The smallest absolute Gasteiger partial charge is 0.307 e. The van der Waals surface area contributed by atoms with Gasteiger partial charge in [0.2, 0.25) is 5.91 Å². The molecule has 0 bridgehead atoms. The molecule has 0 saturated carbocycles. The van der Waals surface area contributed by atoms with E-state index in [0.717, 1.165) is 5.56 Å². The number of hydrogen-bond acceptors (Lipinski definition) is 4. The van der Waals surface area contributed by atoms with Crippen LogP contribution in [0.4, 0.5) is 0 Å². The molecule has 5 nitrogen and oxygen atoms in total. The molecule has 1 N–H and O–H groups in total. The third kappa shape index (κ3) is 4.48. The molecule has 0 aromatic heterocycles. The lowest BCUT2D eigenvalue weighted by atomic mass is 10.1. The minimum Gasteiger partial charge on any atom is -0.469 e. The number of carbonyl (C=O) groups excluding carboxylic acids is 2. The Morgan fingerprint density at radius 1 is 1.45 bits per heavy atom. The normalized spacial score (nSPS) is 18.1. The average Bonchev–Trinajstić information content (AvgIpc) is 2.52. The molecule has 1 fully saturated rings. The summed E-state index contributed by atoms with van der Waals surface area (Å²) in [4.78, 5) is 25.2. The zero-order valence-corrected chi connectivity index (χ0v) is 13.0. The van der Waals surface area contributed by atoms with Crippen molar-refractivity contribution >= 4 is 23.5 Å². The molecule has 1 aliphatic heterocycles. The second-order valence-corrected chi connectivity index (χ2v) is 5.30. The minimum atomic E-state index is -0.527. The molecule has 0 unspecified atom stereocenters. The summed E-state index contributed by atoms with van der Waals surface area (Å²) >= 11 is 5.82. The first-order valence-corrected chi connectivity index (χ1v) is 7.31. The fourth-order valence-electron chi connectivity index (χ4n) is 2.19. The van der Waals surface area contributed by atoms with Crippen LogP contribution >= 0.6 is 11.6 Å². The van der Waals surface area contributed by atoms with Crippen molar-refractivity contribution in [1.82, 2.24) is 10.2 Å². The Morgan fingerprint density at radius 2 is 2.18 bits per heavy atom. The number of piperazine rings is 1. The van der Waals surface area contributed by atoms with E-state index in [1.54, 1.807) is 12.1 Å². The van der Waals surface area contributed by atoms with Gasteiger partial charge in [0, 0.05) is 23.7 Å². The highest BCUT2D eigenvalue weighted by Crippen LogP contribution is 2.10. The number of methoxy groups -OCH3 is 1. The largest absolute Gasteiger partial charge is 0.469 e. The van der Waals surface area contributed by atoms with Crippen molar-refractivity contribution in [1.29, 1.82) is 0 Å². The summed E-state index contributed by atoms with van der Waals surface area (Å²) < 4.78 is 4.64. The van der Waals surface area contributed by atoms with Gasteiger partial charge in [0.15, 0.2) is 0 Å². The van der Waals surface area contributed by atoms with Gasteiger partial charge in [-0.1, -0.05) is 23.4 Å². The molecular weight excluding hydrogens is 304 g/mol. The van der Waals surface area contributed by atoms with E-state index in [2.05, 4.69) is 21.9 Å². The van der Waals surface area contributed by atoms with Gasteiger partial charge in [-0.05, 0) is 24.3 Å². The maximum absolute atomic E-state index is 11.9. The van der Waals surface area contributed by atoms with E-state index in [1.807, 2.05) is 17.0 Å². The first kappa shape index (κ1) is 16.3. The Hall–Kier alpha value is -2.03. The van der Waals surface area contributed by atoms with Crippen LogP contribution in [0.15, 0.2) is 24.3 Å². The lowest BCUT2D eigenvalue weighted by molar-refractivity contribution is -0.145. The Labute approximate surface area is 134 Å². The van der Waals surface area contributed by atoms with Gasteiger partial charge < -0.3 is 10.1 Å². The average molecular weight is 321 g/mol. The standard InChI is InChI=1S/C16H17ClN2O3/c1-22-15(20)11-14-16(21)18-8-10-19(14)9-2-3-12-4-6-13(17)7-5-12/h4-7,14H,8-11H2,1H3,(H,18,21)/t14-/m1/s1. The minimum absolute atomic E-state index is 0.0327. The molecular formula is C16H17ClN2O3. The summed E-state index contributed by atoms with van der Waals surface area (Å²) in [6.45, 7) is 1.62. The van der Waals surface area contributed by atoms with Gasteiger partial charge in [-0.3, -0.25) is 14.5 Å². The predicted octanol–water partition coefficient (Wildman–Crippen LogP) is 1.06. The molecule has 1 amide bonds. The third-order valence-electron chi connectivity index (χ3n) is 3.39. The Balaban J connectivity index is 2.01. The zero-order valence-electron chi connectivity index (χ0n) is 12.3. The molecule has 0 spiro atoms. The summed E-state index contributed by atoms with van der Waals surface area (Å²) in [6.07, 6.45) is 0.0327. The van der Waals surface area contributed by atoms with Crippen molar-refractivity contribution in [2.24, 2.45) is 0 Å². The van der Waals surface area contributed by atoms with E-state index < -0.39 is 12.0 Å². The topological polar surface area (TPSA) is 58.6 Å². The first-order chi connectivity index (χ1) is 10.6. The summed E-state index contributed by atoms with van der Waals surface area (Å²) in [5.41, 5.74) is 0.857. The number of halogens is 1. The first-order valence-electron chi connectivity index (χ1n) is 6.93. The highest BCUT2D eigenvalue weighted by Gasteiger charge is 2.31. The zero-order chi connectivity index (χ0) is 15.9. The molecule has 0 aliphatic carbocycles. The van der Waals surface area contributed by atoms with Gasteiger partial charge in [-0.15, -0.1) is 0 Å². The van der Waals surface area contributed by atoms with Crippen molar-refractivity contribution in [3.8, 4) is 11.8 Å². The van der Waals surface area contributed by atoms with Crippen LogP contribution in [0.1, 0.15) is 12.0 Å². The fourth-order valence-corrected chi connectivity index (χ4v) is 2.32. The monoisotopic (exact) mass is 320 g/mol. The van der Waals surface area contributed by atoms with E-state index in [1.165, 1.54) is 7.11 Å². The number of nitrogens with zero attached hydrogens (tertiary/aromatic N) is 1. The second kappa shape index (κ2) is 7.83. The lowest BCUT2D eigenvalue weighted by Crippen LogP contribution is -2.55. The van der Waals surface area contributed by atoms with Crippen LogP contribution in [-0.4, -0.2) is 49.6 Å². The summed E-state index contributed by atoms with van der Waals surface area (Å²) in [7, 11) is 1.31. The van der Waals surface area contributed by atoms with Crippen molar-refractivity contribution in [3.63, 3.8) is 0 Å². The number of esters is 1. The van der Waals surface area contributed by atoms with Crippen LogP contribution in [0, 0.1) is 11.8 Å². The van der Waals surface area contributed by atoms with Gasteiger partial charge >= 0.3 is 5.97 Å². The Morgan fingerprint density at radius 3 is 2.86 bits per heavy atom. The molecule has 22 heavy (non-hydrogen) atoms. The van der Waals surface area contributed by atoms with Crippen LogP contribution in [0.5, 0.6) is 0 Å². The highest BCUT2D eigenvalue weighted by atomic mass is 35.5. The molecule has 1 aliphatic rings. The molecule has 1 atom stereocenters. The van der Waals surface area contributed by atoms with Crippen molar-refractivity contribution < 1.29 is 14.3 Å². The quantitative estimate of drug-likeness (QED) is 0.668. The number of nitrogens with one attached hydrogen (secondary N) is 1. The van der Waals surface area contributed by atoms with E-state index in [4.69, 9.17) is 11.6 Å². The maximum atomic E-state index is 11.9. The molecule has 1 aromatic carbocycles. The van der Waals surface area contributed by atoms with Crippen molar-refractivity contribution in [3.05, 3.63) is 34.9 Å². The van der Waals surface area contributed by atoms with Crippen molar-refractivity contribution in [2.45, 2.75) is 12.5 Å². The van der Waals surface area contributed by atoms with Crippen LogP contribution in [0.3, 0.4) is 0 Å². The molecule has 1 aromatic rings. The lowest BCUT2D eigenvalue weighted by Gasteiger charge is -2.32. The van der Waals surface area contributed by atoms with Crippen LogP contribution in [0.25, 0.3) is 0 Å². The van der Waals surface area contributed by atoms with Crippen LogP contribution in [-0.2, 0) is 14.3 Å². The van der Waals surface area contributed by atoms with Gasteiger partial charge in [0.05, 0.1) is 20.1 Å². The maximum Gasteiger partial charge on any atom is 0.307 e. The molecule has 1 saturated heterocycles. The molecule has 2 rings (SSSR count). The number of hydrogen-bond donors (Lipinski definition) is 1. The van der Waals surface area contributed by atoms with Crippen molar-refractivity contribution in [2.75, 3.05) is 26.7 Å². The molecule has 116 valence electrons. The summed E-state index contributed by atoms with van der Waals surface area (Å²) in [6, 6.07) is 6.70. The van der Waals surface area contributed by atoms with E-state index in [-0.39, 0.29) is 12.3 Å². The third-order valence-corrected chi connectivity index (χ3v) is 3.64. The second-order valence-electron chi connectivity index (χ2n) is 4.87. The van der Waals surface area contributed by atoms with E-state index >= 15 is 0 Å². The number of amides is 1. The van der Waals surface area contributed by atoms with Gasteiger partial charge in [0.1, 0.15) is 6.04 Å². The SMILES string of the molecule is COC(=O)C[C@@H]1C(=O)NCCN1CC#Cc1ccc(Cl)cc1. The van der Waals surface area contributed by atoms with Crippen LogP contribution in [0.2, 0.25) is 5.02 Å². The number of ether oxygens (including phenoxy) is 1. The number of carbonyl (C=O) groups is 2. The van der Waals surface area contributed by atoms with E-state index in [0.29, 0.717) is 24.7 Å². The summed E-state index contributed by atoms with van der Waals surface area (Å²) in [5, 5.41) is 3.42. The Bertz CT molecular complexity index is 604. The predicted molar refractivity (Wildman–Crippen MR) is 83.3 cm³/mol. The van der Waals surface area contributed by atoms with Crippen LogP contribution < -0.4 is 5.32 Å². The molecule has 0 radical (unpaired) electrons. The highest BCUT2D eigenvalue weighted by molar-refractivity contribution is 6.30. The number of rotatable bonds is 3. The molecule has 6 heteroatoms. The Kier molecular flexibility index (Phi) is 5.82. The van der Waals surface area contributed by atoms with Gasteiger partial charge in [-0.2, -0.15) is 0 Å². The number of benzene rings is 1. The van der Waals surface area contributed by atoms with Gasteiger partial charge in [0.25, 0.3) is 0 Å². The molecule has 1 heterocycles. The fraction of sp³-hybridized carbons (Fsp3) is 0.375. The van der Waals surface area contributed by atoms with E-state index in [9.17, 15) is 9.59 Å².